The highest BCUT2D eigenvalue weighted by Gasteiger charge is 2.27. The van der Waals surface area contributed by atoms with Gasteiger partial charge in [-0.25, -0.2) is 12.7 Å². The zero-order valence-electron chi connectivity index (χ0n) is 11.6. The van der Waals surface area contributed by atoms with Crippen molar-refractivity contribution in [3.63, 3.8) is 0 Å². The third-order valence-corrected chi connectivity index (χ3v) is 5.75. The number of nitrogens with zero attached hydrogens (tertiary/aromatic N) is 1. The van der Waals surface area contributed by atoms with E-state index in [4.69, 9.17) is 0 Å². The molecule has 0 radical (unpaired) electrons. The van der Waals surface area contributed by atoms with Gasteiger partial charge in [-0.1, -0.05) is 30.3 Å². The molecule has 4 nitrogen and oxygen atoms in total. The van der Waals surface area contributed by atoms with Crippen molar-refractivity contribution in [1.82, 2.24) is 4.31 Å². The van der Waals surface area contributed by atoms with E-state index in [0.29, 0.717) is 32.4 Å². The van der Waals surface area contributed by atoms with Crippen molar-refractivity contribution in [2.24, 2.45) is 5.92 Å². The van der Waals surface area contributed by atoms with Gasteiger partial charge in [-0.15, -0.1) is 0 Å². The lowest BCUT2D eigenvalue weighted by atomic mass is 10.0. The van der Waals surface area contributed by atoms with E-state index in [2.05, 4.69) is 0 Å². The summed E-state index contributed by atoms with van der Waals surface area (Å²) in [4.78, 5) is 10.7. The minimum absolute atomic E-state index is 0.0331. The first-order valence-electron chi connectivity index (χ1n) is 7.09. The number of sulfonamides is 1. The number of hydrogen-bond acceptors (Lipinski definition) is 3. The Labute approximate surface area is 120 Å². The van der Waals surface area contributed by atoms with Crippen LogP contribution in [0.5, 0.6) is 0 Å². The fourth-order valence-corrected chi connectivity index (χ4v) is 4.06. The Morgan fingerprint density at radius 3 is 2.40 bits per heavy atom. The van der Waals surface area contributed by atoms with E-state index in [1.54, 1.807) is 0 Å². The molecule has 0 saturated carbocycles. The Kier molecular flexibility index (Phi) is 5.31. The summed E-state index contributed by atoms with van der Waals surface area (Å²) in [6, 6.07) is 9.92. The minimum Gasteiger partial charge on any atom is -0.303 e. The summed E-state index contributed by atoms with van der Waals surface area (Å²) < 4.78 is 26.0. The van der Waals surface area contributed by atoms with Crippen LogP contribution in [0.2, 0.25) is 0 Å². The molecule has 1 fully saturated rings. The summed E-state index contributed by atoms with van der Waals surface area (Å²) in [6.45, 7) is 0.966. The van der Waals surface area contributed by atoms with Gasteiger partial charge >= 0.3 is 0 Å². The summed E-state index contributed by atoms with van der Waals surface area (Å²) >= 11 is 0. The third kappa shape index (κ3) is 4.15. The molecule has 110 valence electrons. The minimum atomic E-state index is -3.17. The molecule has 0 aromatic heterocycles. The number of aldehydes is 1. The van der Waals surface area contributed by atoms with E-state index < -0.39 is 10.0 Å². The standard InChI is InChI=1S/C15H21NO3S/c17-13-15-8-10-16(11-9-15)20(18,19)12-4-7-14-5-2-1-3-6-14/h1-3,5-6,13,15H,4,7-12H2. The fraction of sp³-hybridized carbons (Fsp3) is 0.533. The van der Waals surface area contributed by atoms with Crippen molar-refractivity contribution in [1.29, 1.82) is 0 Å². The molecule has 1 heterocycles. The van der Waals surface area contributed by atoms with E-state index in [-0.39, 0.29) is 11.7 Å². The van der Waals surface area contributed by atoms with Crippen LogP contribution in [0, 0.1) is 5.92 Å². The van der Waals surface area contributed by atoms with E-state index in [9.17, 15) is 13.2 Å². The van der Waals surface area contributed by atoms with Gasteiger partial charge in [0.25, 0.3) is 0 Å². The predicted octanol–water partition coefficient (Wildman–Crippen LogP) is 1.86. The second kappa shape index (κ2) is 6.99. The second-order valence-electron chi connectivity index (χ2n) is 5.28. The lowest BCUT2D eigenvalue weighted by Crippen LogP contribution is -2.40. The highest BCUT2D eigenvalue weighted by Crippen LogP contribution is 2.18. The van der Waals surface area contributed by atoms with Gasteiger partial charge in [0.1, 0.15) is 6.29 Å². The van der Waals surface area contributed by atoms with E-state index in [0.717, 1.165) is 12.7 Å². The van der Waals surface area contributed by atoms with E-state index in [1.165, 1.54) is 9.87 Å². The van der Waals surface area contributed by atoms with Crippen LogP contribution in [0.15, 0.2) is 30.3 Å². The molecule has 0 spiro atoms. The highest BCUT2D eigenvalue weighted by atomic mass is 32.2. The Balaban J connectivity index is 1.81. The monoisotopic (exact) mass is 295 g/mol. The number of benzene rings is 1. The van der Waals surface area contributed by atoms with Gasteiger partial charge in [0.05, 0.1) is 5.75 Å². The number of rotatable bonds is 6. The van der Waals surface area contributed by atoms with E-state index in [1.807, 2.05) is 30.3 Å². The first-order valence-corrected chi connectivity index (χ1v) is 8.70. The zero-order valence-corrected chi connectivity index (χ0v) is 12.4. The zero-order chi connectivity index (χ0) is 14.4. The predicted molar refractivity (Wildman–Crippen MR) is 78.9 cm³/mol. The molecule has 5 heteroatoms. The van der Waals surface area contributed by atoms with Crippen molar-refractivity contribution in [3.8, 4) is 0 Å². The quantitative estimate of drug-likeness (QED) is 0.753. The topological polar surface area (TPSA) is 54.5 Å². The van der Waals surface area contributed by atoms with Gasteiger partial charge in [-0.05, 0) is 31.2 Å². The van der Waals surface area contributed by atoms with Crippen LogP contribution < -0.4 is 0 Å². The molecule has 0 amide bonds. The van der Waals surface area contributed by atoms with Gasteiger partial charge in [-0.3, -0.25) is 0 Å². The molecule has 2 rings (SSSR count). The van der Waals surface area contributed by atoms with Crippen LogP contribution in [-0.2, 0) is 21.2 Å². The SMILES string of the molecule is O=CC1CCN(S(=O)(=O)CCCc2ccccc2)CC1. The van der Waals surface area contributed by atoms with Crippen LogP contribution in [0.3, 0.4) is 0 Å². The first kappa shape index (κ1) is 15.2. The Morgan fingerprint density at radius 1 is 1.15 bits per heavy atom. The maximum Gasteiger partial charge on any atom is 0.214 e. The maximum atomic E-state index is 12.2. The van der Waals surface area contributed by atoms with Crippen LogP contribution in [0.4, 0.5) is 0 Å². The molecule has 0 N–H and O–H groups in total. The van der Waals surface area contributed by atoms with Crippen LogP contribution in [0.25, 0.3) is 0 Å². The van der Waals surface area contributed by atoms with Gasteiger partial charge in [-0.2, -0.15) is 0 Å². The smallest absolute Gasteiger partial charge is 0.214 e. The number of carbonyl (C=O) groups is 1. The van der Waals surface area contributed by atoms with E-state index >= 15 is 0 Å². The molecule has 20 heavy (non-hydrogen) atoms. The van der Waals surface area contributed by atoms with Crippen LogP contribution in [-0.4, -0.2) is 37.9 Å². The van der Waals surface area contributed by atoms with Crippen molar-refractivity contribution in [3.05, 3.63) is 35.9 Å². The summed E-state index contributed by atoms with van der Waals surface area (Å²) in [5.41, 5.74) is 1.17. The van der Waals surface area contributed by atoms with Crippen molar-refractivity contribution < 1.29 is 13.2 Å². The molecular formula is C15H21NO3S. The number of hydrogen-bond donors (Lipinski definition) is 0. The summed E-state index contributed by atoms with van der Waals surface area (Å²) in [5.74, 6) is 0.221. The van der Waals surface area contributed by atoms with Crippen molar-refractivity contribution in [2.45, 2.75) is 25.7 Å². The molecular weight excluding hydrogens is 274 g/mol. The van der Waals surface area contributed by atoms with Gasteiger partial charge in [0.2, 0.25) is 10.0 Å². The normalized spacial score (nSPS) is 18.0. The largest absolute Gasteiger partial charge is 0.303 e. The van der Waals surface area contributed by atoms with Gasteiger partial charge < -0.3 is 4.79 Å². The fourth-order valence-electron chi connectivity index (χ4n) is 2.52. The van der Waals surface area contributed by atoms with Crippen molar-refractivity contribution in [2.75, 3.05) is 18.8 Å². The molecule has 1 saturated heterocycles. The third-order valence-electron chi connectivity index (χ3n) is 3.79. The number of aryl methyl sites for hydroxylation is 1. The average molecular weight is 295 g/mol. The number of piperidine rings is 1. The van der Waals surface area contributed by atoms with Gasteiger partial charge in [0.15, 0.2) is 0 Å². The lowest BCUT2D eigenvalue weighted by molar-refractivity contribution is -0.112. The average Bonchev–Trinajstić information content (AvgIpc) is 2.48. The Hall–Kier alpha value is -1.20. The molecule has 1 aromatic rings. The number of carbonyl (C=O) groups excluding carboxylic acids is 1. The molecule has 0 bridgehead atoms. The highest BCUT2D eigenvalue weighted by molar-refractivity contribution is 7.89. The molecule has 1 aliphatic rings. The van der Waals surface area contributed by atoms with Crippen LogP contribution >= 0.6 is 0 Å². The maximum absolute atomic E-state index is 12.2. The Morgan fingerprint density at radius 2 is 1.80 bits per heavy atom. The second-order valence-corrected chi connectivity index (χ2v) is 7.37. The lowest BCUT2D eigenvalue weighted by Gasteiger charge is -2.28. The van der Waals surface area contributed by atoms with Gasteiger partial charge in [0, 0.05) is 19.0 Å². The molecule has 0 aliphatic carbocycles. The molecule has 1 aliphatic heterocycles. The first-order chi connectivity index (χ1) is 9.62. The summed E-state index contributed by atoms with van der Waals surface area (Å²) in [5, 5.41) is 0. The summed E-state index contributed by atoms with van der Waals surface area (Å²) in [6.07, 6.45) is 3.67. The molecule has 0 unspecified atom stereocenters. The van der Waals surface area contributed by atoms with Crippen molar-refractivity contribution >= 4 is 16.3 Å². The summed E-state index contributed by atoms with van der Waals surface area (Å²) in [7, 11) is -3.17. The van der Waals surface area contributed by atoms with Crippen LogP contribution in [0.1, 0.15) is 24.8 Å². The molecule has 1 aromatic carbocycles. The Bertz CT molecular complexity index is 519. The molecule has 0 atom stereocenters.